The van der Waals surface area contributed by atoms with Gasteiger partial charge in [-0.15, -0.1) is 0 Å². The van der Waals surface area contributed by atoms with Gasteiger partial charge in [0.05, 0.1) is 5.39 Å². The van der Waals surface area contributed by atoms with Crippen molar-refractivity contribution in [2.24, 2.45) is 5.73 Å². The van der Waals surface area contributed by atoms with E-state index in [1.54, 1.807) is 30.3 Å². The second kappa shape index (κ2) is 4.70. The maximum atomic E-state index is 11.9. The van der Waals surface area contributed by atoms with Crippen LogP contribution in [0, 0.1) is 0 Å². The molecule has 1 heterocycles. The molecule has 5 heteroatoms. The fourth-order valence-corrected chi connectivity index (χ4v) is 2.10. The molecule has 2 N–H and O–H groups in total. The second-order valence-corrected chi connectivity index (χ2v) is 4.35. The minimum atomic E-state index is -0.565. The zero-order valence-corrected chi connectivity index (χ0v) is 10.5. The summed E-state index contributed by atoms with van der Waals surface area (Å²) in [6.07, 6.45) is 0. The first-order chi connectivity index (χ1) is 9.65. The van der Waals surface area contributed by atoms with E-state index in [-0.39, 0.29) is 6.61 Å². The van der Waals surface area contributed by atoms with Crippen LogP contribution in [-0.4, -0.2) is 12.5 Å². The molecule has 0 spiro atoms. The Labute approximate surface area is 113 Å². The molecule has 100 valence electrons. The molecule has 0 unspecified atom stereocenters. The molecule has 0 fully saturated rings. The molecule has 0 aliphatic rings. The molecule has 0 radical (unpaired) electrons. The third-order valence-electron chi connectivity index (χ3n) is 2.97. The number of hydrogen-bond donors (Lipinski definition) is 1. The summed E-state index contributed by atoms with van der Waals surface area (Å²) in [6.45, 7) is -0.219. The summed E-state index contributed by atoms with van der Waals surface area (Å²) in [6, 6.07) is 12.3. The van der Waals surface area contributed by atoms with Gasteiger partial charge in [0.2, 0.25) is 0 Å². The molecule has 20 heavy (non-hydrogen) atoms. The lowest BCUT2D eigenvalue weighted by molar-refractivity contribution is -0.119. The van der Waals surface area contributed by atoms with Crippen molar-refractivity contribution in [2.45, 2.75) is 0 Å². The first-order valence-corrected chi connectivity index (χ1v) is 6.02. The first kappa shape index (κ1) is 12.2. The maximum Gasteiger partial charge on any atom is 0.344 e. The average Bonchev–Trinajstić information content (AvgIpc) is 2.45. The predicted octanol–water partition coefficient (Wildman–Crippen LogP) is 1.81. The Kier molecular flexibility index (Phi) is 2.87. The van der Waals surface area contributed by atoms with Crippen LogP contribution in [0.25, 0.3) is 21.7 Å². The summed E-state index contributed by atoms with van der Waals surface area (Å²) in [7, 11) is 0. The Balaban J connectivity index is 2.18. The monoisotopic (exact) mass is 269 g/mol. The minimum absolute atomic E-state index is 0.219. The molecule has 5 nitrogen and oxygen atoms in total. The van der Waals surface area contributed by atoms with E-state index in [1.807, 2.05) is 12.1 Å². The van der Waals surface area contributed by atoms with Gasteiger partial charge in [-0.1, -0.05) is 18.2 Å². The van der Waals surface area contributed by atoms with Crippen LogP contribution >= 0.6 is 0 Å². The lowest BCUT2D eigenvalue weighted by Crippen LogP contribution is -2.19. The number of hydrogen-bond acceptors (Lipinski definition) is 4. The minimum Gasteiger partial charge on any atom is -0.484 e. The van der Waals surface area contributed by atoms with E-state index in [0.29, 0.717) is 16.7 Å². The summed E-state index contributed by atoms with van der Waals surface area (Å²) >= 11 is 0. The predicted molar refractivity (Wildman–Crippen MR) is 74.7 cm³/mol. The highest BCUT2D eigenvalue weighted by molar-refractivity contribution is 6.04. The highest BCUT2D eigenvalue weighted by Gasteiger charge is 2.08. The molecule has 2 aromatic carbocycles. The molecule has 0 aliphatic carbocycles. The SMILES string of the molecule is NC(=O)COc1ccc2c(c1)oc(=O)c1ccccc12. The number of fused-ring (bicyclic) bond motifs is 3. The van der Waals surface area contributed by atoms with Gasteiger partial charge in [-0.2, -0.15) is 0 Å². The Morgan fingerprint density at radius 1 is 1.10 bits per heavy atom. The Bertz CT molecular complexity index is 867. The van der Waals surface area contributed by atoms with E-state index in [4.69, 9.17) is 14.9 Å². The average molecular weight is 269 g/mol. The van der Waals surface area contributed by atoms with Gasteiger partial charge in [0.25, 0.3) is 5.91 Å². The molecule has 1 aromatic heterocycles. The lowest BCUT2D eigenvalue weighted by atomic mass is 10.1. The Hall–Kier alpha value is -2.82. The van der Waals surface area contributed by atoms with E-state index < -0.39 is 11.5 Å². The molecule has 1 amide bonds. The molecule has 3 rings (SSSR count). The number of benzene rings is 2. The van der Waals surface area contributed by atoms with E-state index in [2.05, 4.69) is 0 Å². The molecule has 0 saturated heterocycles. The van der Waals surface area contributed by atoms with Gasteiger partial charge in [-0.3, -0.25) is 4.79 Å². The molecular weight excluding hydrogens is 258 g/mol. The van der Waals surface area contributed by atoms with Gasteiger partial charge in [0, 0.05) is 11.5 Å². The van der Waals surface area contributed by atoms with Gasteiger partial charge in [0.15, 0.2) is 6.61 Å². The lowest BCUT2D eigenvalue weighted by Gasteiger charge is -2.06. The molecule has 0 saturated carbocycles. The molecule has 0 aliphatic heterocycles. The van der Waals surface area contributed by atoms with Gasteiger partial charge in [0.1, 0.15) is 11.3 Å². The van der Waals surface area contributed by atoms with Crippen molar-refractivity contribution < 1.29 is 13.9 Å². The standard InChI is InChI=1S/C15H11NO4/c16-14(17)8-19-9-5-6-11-10-3-1-2-4-12(10)15(18)20-13(11)7-9/h1-7H,8H2,(H2,16,17). The van der Waals surface area contributed by atoms with Crippen LogP contribution in [0.4, 0.5) is 0 Å². The van der Waals surface area contributed by atoms with Gasteiger partial charge in [-0.05, 0) is 23.6 Å². The van der Waals surface area contributed by atoms with Crippen molar-refractivity contribution in [2.75, 3.05) is 6.61 Å². The maximum absolute atomic E-state index is 11.9. The number of carbonyl (C=O) groups is 1. The number of nitrogens with two attached hydrogens (primary N) is 1. The quantitative estimate of drug-likeness (QED) is 0.580. The summed E-state index contributed by atoms with van der Waals surface area (Å²) < 4.78 is 10.5. The summed E-state index contributed by atoms with van der Waals surface area (Å²) in [5, 5.41) is 2.16. The van der Waals surface area contributed by atoms with Crippen molar-refractivity contribution in [3.63, 3.8) is 0 Å². The van der Waals surface area contributed by atoms with Crippen LogP contribution in [-0.2, 0) is 4.79 Å². The zero-order valence-electron chi connectivity index (χ0n) is 10.5. The van der Waals surface area contributed by atoms with E-state index in [1.165, 1.54) is 0 Å². The van der Waals surface area contributed by atoms with Crippen LogP contribution in [0.1, 0.15) is 0 Å². The third-order valence-corrected chi connectivity index (χ3v) is 2.97. The van der Waals surface area contributed by atoms with Gasteiger partial charge >= 0.3 is 5.63 Å². The number of carbonyl (C=O) groups excluding carboxylic acids is 1. The van der Waals surface area contributed by atoms with Crippen LogP contribution < -0.4 is 16.1 Å². The van der Waals surface area contributed by atoms with Crippen LogP contribution in [0.3, 0.4) is 0 Å². The first-order valence-electron chi connectivity index (χ1n) is 6.02. The number of rotatable bonds is 3. The largest absolute Gasteiger partial charge is 0.484 e. The second-order valence-electron chi connectivity index (χ2n) is 4.35. The van der Waals surface area contributed by atoms with Crippen LogP contribution in [0.5, 0.6) is 5.75 Å². The topological polar surface area (TPSA) is 82.5 Å². The summed E-state index contributed by atoms with van der Waals surface area (Å²) in [5.74, 6) is -0.139. The van der Waals surface area contributed by atoms with E-state index >= 15 is 0 Å². The smallest absolute Gasteiger partial charge is 0.344 e. The summed E-state index contributed by atoms with van der Waals surface area (Å²) in [4.78, 5) is 22.6. The number of ether oxygens (including phenoxy) is 1. The number of primary amides is 1. The Morgan fingerprint density at radius 2 is 1.85 bits per heavy atom. The fraction of sp³-hybridized carbons (Fsp3) is 0.0667. The molecule has 3 aromatic rings. The van der Waals surface area contributed by atoms with Crippen LogP contribution in [0.2, 0.25) is 0 Å². The highest BCUT2D eigenvalue weighted by Crippen LogP contribution is 2.26. The molecular formula is C15H11NO4. The summed E-state index contributed by atoms with van der Waals surface area (Å²) in [5.41, 5.74) is 5.02. The van der Waals surface area contributed by atoms with Crippen molar-refractivity contribution >= 4 is 27.6 Å². The molecule has 0 atom stereocenters. The third kappa shape index (κ3) is 2.09. The van der Waals surface area contributed by atoms with E-state index in [9.17, 15) is 9.59 Å². The number of amides is 1. The molecule has 0 bridgehead atoms. The highest BCUT2D eigenvalue weighted by atomic mass is 16.5. The zero-order chi connectivity index (χ0) is 14.1. The van der Waals surface area contributed by atoms with Gasteiger partial charge < -0.3 is 14.9 Å². The van der Waals surface area contributed by atoms with Crippen molar-refractivity contribution in [3.8, 4) is 5.75 Å². The normalized spacial score (nSPS) is 10.8. The van der Waals surface area contributed by atoms with Crippen molar-refractivity contribution in [3.05, 3.63) is 52.9 Å². The van der Waals surface area contributed by atoms with Crippen molar-refractivity contribution in [1.82, 2.24) is 0 Å². The fourth-order valence-electron chi connectivity index (χ4n) is 2.10. The van der Waals surface area contributed by atoms with E-state index in [0.717, 1.165) is 10.8 Å². The van der Waals surface area contributed by atoms with Crippen molar-refractivity contribution in [1.29, 1.82) is 0 Å². The Morgan fingerprint density at radius 3 is 2.60 bits per heavy atom. The van der Waals surface area contributed by atoms with Crippen LogP contribution in [0.15, 0.2) is 51.7 Å². The van der Waals surface area contributed by atoms with Gasteiger partial charge in [-0.25, -0.2) is 4.79 Å².